The van der Waals surface area contributed by atoms with Crippen molar-refractivity contribution >= 4 is 5.97 Å². The Hall–Kier alpha value is -6.27. The van der Waals surface area contributed by atoms with Gasteiger partial charge >= 0.3 is 5.97 Å². The van der Waals surface area contributed by atoms with E-state index in [1.165, 1.54) is 30.3 Å². The number of ether oxygens (including phenoxy) is 3. The fourth-order valence-corrected chi connectivity index (χ4v) is 5.75. The number of fused-ring (bicyclic) bond motifs is 2. The number of hydrogen-bond acceptors (Lipinski definition) is 12. The van der Waals surface area contributed by atoms with Gasteiger partial charge in [-0.3, -0.25) is 0 Å². The molecule has 5 aromatic carbocycles. The molecule has 49 heavy (non-hydrogen) atoms. The first-order valence-electron chi connectivity index (χ1n) is 15.2. The highest BCUT2D eigenvalue weighted by Crippen LogP contribution is 2.43. The second kappa shape index (κ2) is 13.5. The van der Waals surface area contributed by atoms with Crippen LogP contribution in [0.5, 0.6) is 51.7 Å². The third-order valence-corrected chi connectivity index (χ3v) is 8.19. The van der Waals surface area contributed by atoms with Gasteiger partial charge in [-0.05, 0) is 47.0 Å². The van der Waals surface area contributed by atoms with Gasteiger partial charge < -0.3 is 55.1 Å². The maximum Gasteiger partial charge on any atom is 0.338 e. The van der Waals surface area contributed by atoms with E-state index in [1.54, 1.807) is 0 Å². The van der Waals surface area contributed by atoms with Crippen LogP contribution in [0.4, 0.5) is 0 Å². The second-order valence-corrected chi connectivity index (χ2v) is 11.6. The van der Waals surface area contributed by atoms with Crippen molar-refractivity contribution in [3.8, 4) is 51.7 Å². The van der Waals surface area contributed by atoms with Crippen LogP contribution in [0.2, 0.25) is 0 Å². The lowest BCUT2D eigenvalue weighted by Crippen LogP contribution is -2.34. The first-order chi connectivity index (χ1) is 23.5. The average molecular weight is 669 g/mol. The normalized spacial score (nSPS) is 19.1. The third-order valence-electron chi connectivity index (χ3n) is 8.19. The van der Waals surface area contributed by atoms with E-state index in [1.807, 2.05) is 54.6 Å². The minimum absolute atomic E-state index is 0.0709. The summed E-state index contributed by atoms with van der Waals surface area (Å²) in [6.45, 7) is 0. The highest BCUT2D eigenvalue weighted by molar-refractivity contribution is 5.91. The molecule has 0 fully saturated rings. The zero-order chi connectivity index (χ0) is 34.8. The number of phenolic OH excluding ortho intramolecular Hbond substituents is 7. The van der Waals surface area contributed by atoms with Gasteiger partial charge in [0.2, 0.25) is 0 Å². The Labute approximate surface area is 279 Å². The molecule has 0 bridgehead atoms. The van der Waals surface area contributed by atoms with Crippen LogP contribution in [0.15, 0.2) is 97.1 Å². The van der Waals surface area contributed by atoms with Gasteiger partial charge in [0.05, 0.1) is 11.7 Å². The Morgan fingerprint density at radius 3 is 2.00 bits per heavy atom. The molecule has 2 aliphatic heterocycles. The van der Waals surface area contributed by atoms with E-state index in [-0.39, 0.29) is 40.7 Å². The minimum Gasteiger partial charge on any atom is -0.508 e. The van der Waals surface area contributed by atoms with Gasteiger partial charge in [0.25, 0.3) is 0 Å². The molecule has 4 atom stereocenters. The molecule has 8 N–H and O–H groups in total. The van der Waals surface area contributed by atoms with Crippen LogP contribution in [0, 0.1) is 0 Å². The predicted octanol–water partition coefficient (Wildman–Crippen LogP) is 5.25. The van der Waals surface area contributed by atoms with Gasteiger partial charge in [0.15, 0.2) is 34.9 Å². The largest absolute Gasteiger partial charge is 0.508 e. The third kappa shape index (κ3) is 6.90. The number of hydrogen-bond donors (Lipinski definition) is 8. The number of carbonyl (C=O) groups excluding carboxylic acids is 1. The van der Waals surface area contributed by atoms with Gasteiger partial charge in [-0.1, -0.05) is 54.6 Å². The number of aliphatic hydroxyl groups is 1. The molecule has 252 valence electrons. The van der Waals surface area contributed by atoms with Crippen molar-refractivity contribution in [2.45, 2.75) is 37.3 Å². The SMILES string of the molecule is O=C(OC1Cc2ccccc2OC1c1ccccc1)c1cc(O)c(O)c(O)c1.Oc1cc(O)c2c(c1)O[C@H](c1ccc(O)c(O)c1)[C@@H](O)C2. The molecule has 0 aliphatic carbocycles. The average Bonchev–Trinajstić information content (AvgIpc) is 3.08. The van der Waals surface area contributed by atoms with Crippen LogP contribution >= 0.6 is 0 Å². The summed E-state index contributed by atoms with van der Waals surface area (Å²) in [5, 5.41) is 77.1. The van der Waals surface area contributed by atoms with E-state index in [4.69, 9.17) is 14.2 Å². The Morgan fingerprint density at radius 1 is 0.612 bits per heavy atom. The van der Waals surface area contributed by atoms with E-state index < -0.39 is 47.6 Å². The summed E-state index contributed by atoms with van der Waals surface area (Å²) in [5.41, 5.74) is 2.61. The van der Waals surface area contributed by atoms with E-state index in [2.05, 4.69) is 0 Å². The molecular formula is C37H32O12. The Balaban J connectivity index is 0.000000177. The van der Waals surface area contributed by atoms with Crippen LogP contribution in [-0.4, -0.2) is 59.0 Å². The van der Waals surface area contributed by atoms with Crippen molar-refractivity contribution in [1.82, 2.24) is 0 Å². The molecule has 0 spiro atoms. The fourth-order valence-electron chi connectivity index (χ4n) is 5.75. The van der Waals surface area contributed by atoms with E-state index in [0.717, 1.165) is 29.0 Å². The second-order valence-electron chi connectivity index (χ2n) is 11.6. The molecule has 0 aromatic heterocycles. The lowest BCUT2D eigenvalue weighted by Gasteiger charge is -2.33. The van der Waals surface area contributed by atoms with Crippen molar-refractivity contribution in [3.05, 3.63) is 125 Å². The number of esters is 1. The number of carbonyl (C=O) groups is 1. The maximum atomic E-state index is 12.6. The molecule has 0 amide bonds. The van der Waals surface area contributed by atoms with Gasteiger partial charge in [0, 0.05) is 30.5 Å². The summed E-state index contributed by atoms with van der Waals surface area (Å²) in [5.74, 6) is -2.47. The van der Waals surface area contributed by atoms with Crippen LogP contribution in [0.25, 0.3) is 0 Å². The summed E-state index contributed by atoms with van der Waals surface area (Å²) in [7, 11) is 0. The van der Waals surface area contributed by atoms with Crippen molar-refractivity contribution in [3.63, 3.8) is 0 Å². The smallest absolute Gasteiger partial charge is 0.338 e. The summed E-state index contributed by atoms with van der Waals surface area (Å²) in [6, 6.07) is 25.8. The minimum atomic E-state index is -0.933. The summed E-state index contributed by atoms with van der Waals surface area (Å²) in [6.07, 6.45) is -2.21. The van der Waals surface area contributed by atoms with Gasteiger partial charge in [-0.15, -0.1) is 0 Å². The Morgan fingerprint density at radius 2 is 1.29 bits per heavy atom. The number of phenols is 7. The maximum absolute atomic E-state index is 12.6. The van der Waals surface area contributed by atoms with Crippen molar-refractivity contribution < 1.29 is 59.9 Å². The van der Waals surface area contributed by atoms with Gasteiger partial charge in [-0.25, -0.2) is 4.79 Å². The van der Waals surface area contributed by atoms with Crippen LogP contribution < -0.4 is 9.47 Å². The zero-order valence-electron chi connectivity index (χ0n) is 25.7. The summed E-state index contributed by atoms with van der Waals surface area (Å²) < 4.78 is 17.4. The molecular weight excluding hydrogens is 636 g/mol. The number of aliphatic hydroxyl groups excluding tert-OH is 1. The topological polar surface area (TPSA) is 207 Å². The molecule has 0 saturated carbocycles. The van der Waals surface area contributed by atoms with E-state index in [0.29, 0.717) is 17.5 Å². The van der Waals surface area contributed by atoms with E-state index >= 15 is 0 Å². The standard InChI is InChI=1S/C22H18O6.C15H14O6/c23-16-10-15(11-17(24)20(16)25)22(26)28-19-12-14-8-4-5-9-18(14)27-21(19)13-6-2-1-3-7-13;16-8-4-11(18)9-6-13(20)15(21-14(9)5-8)7-1-2-10(17)12(19)3-7/h1-11,19,21,23-25H,12H2;1-5,13,15-20H,6H2/t;13-,15+/m.0/s1. The van der Waals surface area contributed by atoms with Crippen molar-refractivity contribution in [2.75, 3.05) is 0 Å². The molecule has 5 aromatic rings. The highest BCUT2D eigenvalue weighted by atomic mass is 16.6. The first kappa shape index (κ1) is 32.7. The first-order valence-corrected chi connectivity index (χ1v) is 15.2. The monoisotopic (exact) mass is 668 g/mol. The molecule has 12 heteroatoms. The lowest BCUT2D eigenvalue weighted by molar-refractivity contribution is -0.0183. The Bertz CT molecular complexity index is 1970. The fraction of sp³-hybridized carbons (Fsp3) is 0.162. The van der Waals surface area contributed by atoms with Crippen LogP contribution in [-0.2, 0) is 17.6 Å². The molecule has 2 aliphatic rings. The van der Waals surface area contributed by atoms with Crippen LogP contribution in [0.3, 0.4) is 0 Å². The zero-order valence-corrected chi connectivity index (χ0v) is 25.7. The predicted molar refractivity (Wildman–Crippen MR) is 173 cm³/mol. The molecule has 7 rings (SSSR count). The number of benzene rings is 5. The molecule has 2 unspecified atom stereocenters. The quantitative estimate of drug-likeness (QED) is 0.0913. The van der Waals surface area contributed by atoms with E-state index in [9.17, 15) is 45.6 Å². The van der Waals surface area contributed by atoms with Gasteiger partial charge in [0.1, 0.15) is 35.2 Å². The van der Waals surface area contributed by atoms with Gasteiger partial charge in [-0.2, -0.15) is 0 Å². The number of para-hydroxylation sites is 1. The number of rotatable bonds is 4. The Kier molecular flexibility index (Phi) is 8.97. The molecule has 12 nitrogen and oxygen atoms in total. The molecule has 0 radical (unpaired) electrons. The van der Waals surface area contributed by atoms with Crippen molar-refractivity contribution in [1.29, 1.82) is 0 Å². The summed E-state index contributed by atoms with van der Waals surface area (Å²) >= 11 is 0. The van der Waals surface area contributed by atoms with Crippen molar-refractivity contribution in [2.24, 2.45) is 0 Å². The summed E-state index contributed by atoms with van der Waals surface area (Å²) in [4.78, 5) is 12.6. The number of aromatic hydroxyl groups is 7. The highest BCUT2D eigenvalue weighted by Gasteiger charge is 2.35. The molecule has 2 heterocycles. The molecule has 0 saturated heterocycles. The lowest BCUT2D eigenvalue weighted by atomic mass is 9.94. The van der Waals surface area contributed by atoms with Crippen LogP contribution in [0.1, 0.15) is 44.8 Å².